The molecule has 0 fully saturated rings. The van der Waals surface area contributed by atoms with Crippen LogP contribution in [0.15, 0.2) is 30.3 Å². The Labute approximate surface area is 93.4 Å². The standard InChI is InChI=1S/C12H14N2O2/c1-16-12(15)10(13)7-9-6-8-4-2-3-5-11(8)14-9/h2-6,10,14H,7,13H2,1H3/t10-/m0/s1. The molecule has 2 rings (SSSR count). The van der Waals surface area contributed by atoms with E-state index in [0.717, 1.165) is 16.6 Å². The summed E-state index contributed by atoms with van der Waals surface area (Å²) < 4.78 is 4.58. The quantitative estimate of drug-likeness (QED) is 0.761. The van der Waals surface area contributed by atoms with Gasteiger partial charge in [-0.2, -0.15) is 0 Å². The molecule has 0 amide bonds. The van der Waals surface area contributed by atoms with Crippen molar-refractivity contribution in [2.45, 2.75) is 12.5 Å². The van der Waals surface area contributed by atoms with E-state index >= 15 is 0 Å². The van der Waals surface area contributed by atoms with Gasteiger partial charge in [0.2, 0.25) is 0 Å². The molecular formula is C12H14N2O2. The number of rotatable bonds is 3. The molecule has 4 nitrogen and oxygen atoms in total. The van der Waals surface area contributed by atoms with E-state index in [9.17, 15) is 4.79 Å². The Morgan fingerprint density at radius 2 is 2.25 bits per heavy atom. The minimum absolute atomic E-state index is 0.390. The molecule has 3 N–H and O–H groups in total. The van der Waals surface area contributed by atoms with Gasteiger partial charge in [0.15, 0.2) is 0 Å². The molecular weight excluding hydrogens is 204 g/mol. The summed E-state index contributed by atoms with van der Waals surface area (Å²) in [6, 6.07) is 9.32. The molecule has 0 spiro atoms. The second kappa shape index (κ2) is 4.37. The highest BCUT2D eigenvalue weighted by Gasteiger charge is 2.15. The van der Waals surface area contributed by atoms with Gasteiger partial charge in [-0.05, 0) is 17.5 Å². The number of methoxy groups -OCH3 is 1. The number of hydrogen-bond acceptors (Lipinski definition) is 3. The van der Waals surface area contributed by atoms with E-state index in [4.69, 9.17) is 5.73 Å². The van der Waals surface area contributed by atoms with Crippen molar-refractivity contribution in [3.8, 4) is 0 Å². The second-order valence-electron chi connectivity index (χ2n) is 3.72. The number of para-hydroxylation sites is 1. The van der Waals surface area contributed by atoms with Crippen LogP contribution in [0.2, 0.25) is 0 Å². The summed E-state index contributed by atoms with van der Waals surface area (Å²) in [6.07, 6.45) is 0.460. The largest absolute Gasteiger partial charge is 0.468 e. The zero-order valence-corrected chi connectivity index (χ0v) is 9.07. The zero-order chi connectivity index (χ0) is 11.5. The van der Waals surface area contributed by atoms with Crippen LogP contribution in [-0.2, 0) is 16.0 Å². The molecule has 0 unspecified atom stereocenters. The first-order valence-electron chi connectivity index (χ1n) is 5.11. The Morgan fingerprint density at radius 1 is 1.50 bits per heavy atom. The van der Waals surface area contributed by atoms with Crippen molar-refractivity contribution in [2.75, 3.05) is 7.11 Å². The Hall–Kier alpha value is -1.81. The number of fused-ring (bicyclic) bond motifs is 1. The van der Waals surface area contributed by atoms with Crippen LogP contribution in [0.5, 0.6) is 0 Å². The van der Waals surface area contributed by atoms with E-state index < -0.39 is 12.0 Å². The summed E-state index contributed by atoms with van der Waals surface area (Å²) >= 11 is 0. The molecule has 0 saturated heterocycles. The van der Waals surface area contributed by atoms with Gasteiger partial charge in [0, 0.05) is 17.6 Å². The molecule has 16 heavy (non-hydrogen) atoms. The van der Waals surface area contributed by atoms with Gasteiger partial charge in [-0.3, -0.25) is 4.79 Å². The lowest BCUT2D eigenvalue weighted by Gasteiger charge is -2.06. The fraction of sp³-hybridized carbons (Fsp3) is 0.250. The first-order valence-corrected chi connectivity index (χ1v) is 5.11. The number of H-pyrrole nitrogens is 1. The fourth-order valence-corrected chi connectivity index (χ4v) is 1.72. The van der Waals surface area contributed by atoms with E-state index in [1.165, 1.54) is 7.11 Å². The number of ether oxygens (including phenoxy) is 1. The van der Waals surface area contributed by atoms with Crippen molar-refractivity contribution >= 4 is 16.9 Å². The Balaban J connectivity index is 2.18. The molecule has 0 aliphatic heterocycles. The smallest absolute Gasteiger partial charge is 0.323 e. The Bertz CT molecular complexity index is 471. The van der Waals surface area contributed by atoms with Crippen LogP contribution >= 0.6 is 0 Å². The number of nitrogens with two attached hydrogens (primary N) is 1. The van der Waals surface area contributed by atoms with Crippen molar-refractivity contribution in [1.29, 1.82) is 0 Å². The summed E-state index contributed by atoms with van der Waals surface area (Å²) in [4.78, 5) is 14.4. The third kappa shape index (κ3) is 2.06. The van der Waals surface area contributed by atoms with E-state index in [2.05, 4.69) is 9.72 Å². The minimum atomic E-state index is -0.613. The highest BCUT2D eigenvalue weighted by atomic mass is 16.5. The topological polar surface area (TPSA) is 68.1 Å². The van der Waals surface area contributed by atoms with Crippen LogP contribution in [-0.4, -0.2) is 24.1 Å². The average molecular weight is 218 g/mol. The van der Waals surface area contributed by atoms with Crippen LogP contribution in [0.4, 0.5) is 0 Å². The maximum atomic E-state index is 11.2. The van der Waals surface area contributed by atoms with Crippen LogP contribution < -0.4 is 5.73 Å². The molecule has 0 aliphatic rings. The predicted octanol–water partition coefficient (Wildman–Crippen LogP) is 1.21. The van der Waals surface area contributed by atoms with Crippen molar-refractivity contribution in [3.05, 3.63) is 36.0 Å². The van der Waals surface area contributed by atoms with Crippen LogP contribution in [0, 0.1) is 0 Å². The molecule has 84 valence electrons. The first kappa shape index (κ1) is 10.7. The summed E-state index contributed by atoms with van der Waals surface area (Å²) in [7, 11) is 1.34. The number of esters is 1. The van der Waals surface area contributed by atoms with Crippen LogP contribution in [0.25, 0.3) is 10.9 Å². The number of carbonyl (C=O) groups excluding carboxylic acids is 1. The van der Waals surface area contributed by atoms with E-state index in [0.29, 0.717) is 6.42 Å². The highest BCUT2D eigenvalue weighted by molar-refractivity contribution is 5.81. The van der Waals surface area contributed by atoms with Gasteiger partial charge in [-0.15, -0.1) is 0 Å². The average Bonchev–Trinajstić information content (AvgIpc) is 2.69. The number of carbonyl (C=O) groups is 1. The third-order valence-corrected chi connectivity index (χ3v) is 2.53. The van der Waals surface area contributed by atoms with Crippen molar-refractivity contribution in [1.82, 2.24) is 4.98 Å². The number of aromatic nitrogens is 1. The number of benzene rings is 1. The Kier molecular flexibility index (Phi) is 2.92. The molecule has 4 heteroatoms. The van der Waals surface area contributed by atoms with Gasteiger partial charge in [0.1, 0.15) is 6.04 Å². The van der Waals surface area contributed by atoms with Crippen LogP contribution in [0.3, 0.4) is 0 Å². The van der Waals surface area contributed by atoms with Crippen molar-refractivity contribution < 1.29 is 9.53 Å². The van der Waals surface area contributed by atoms with Gasteiger partial charge < -0.3 is 15.5 Å². The lowest BCUT2D eigenvalue weighted by Crippen LogP contribution is -2.33. The maximum Gasteiger partial charge on any atom is 0.323 e. The van der Waals surface area contributed by atoms with E-state index in [1.807, 2.05) is 30.3 Å². The molecule has 2 aromatic rings. The monoisotopic (exact) mass is 218 g/mol. The summed E-state index contributed by atoms with van der Waals surface area (Å²) in [5, 5.41) is 1.12. The molecule has 1 aromatic carbocycles. The maximum absolute atomic E-state index is 11.2. The van der Waals surface area contributed by atoms with Crippen molar-refractivity contribution in [2.24, 2.45) is 5.73 Å². The summed E-state index contributed by atoms with van der Waals surface area (Å²) in [5.41, 5.74) is 7.68. The summed E-state index contributed by atoms with van der Waals surface area (Å²) in [6.45, 7) is 0. The Morgan fingerprint density at radius 3 is 2.94 bits per heavy atom. The second-order valence-corrected chi connectivity index (χ2v) is 3.72. The minimum Gasteiger partial charge on any atom is -0.468 e. The SMILES string of the molecule is COC(=O)[C@@H](N)Cc1cc2ccccc2[nH]1. The molecule has 0 saturated carbocycles. The predicted molar refractivity (Wildman–Crippen MR) is 62.0 cm³/mol. The van der Waals surface area contributed by atoms with Gasteiger partial charge >= 0.3 is 5.97 Å². The number of hydrogen-bond donors (Lipinski definition) is 2. The lowest BCUT2D eigenvalue weighted by molar-refractivity contribution is -0.142. The number of nitrogens with one attached hydrogen (secondary N) is 1. The summed E-state index contributed by atoms with van der Waals surface area (Å²) in [5.74, 6) is -0.390. The third-order valence-electron chi connectivity index (χ3n) is 2.53. The molecule has 1 atom stereocenters. The molecule has 0 aliphatic carbocycles. The first-order chi connectivity index (χ1) is 7.70. The molecule has 1 aromatic heterocycles. The fourth-order valence-electron chi connectivity index (χ4n) is 1.72. The molecule has 0 radical (unpaired) electrons. The van der Waals surface area contributed by atoms with Crippen molar-refractivity contribution in [3.63, 3.8) is 0 Å². The van der Waals surface area contributed by atoms with E-state index in [-0.39, 0.29) is 0 Å². The van der Waals surface area contributed by atoms with Gasteiger partial charge in [0.05, 0.1) is 7.11 Å². The molecule has 1 heterocycles. The van der Waals surface area contributed by atoms with Gasteiger partial charge in [-0.1, -0.05) is 18.2 Å². The normalized spacial score (nSPS) is 12.6. The zero-order valence-electron chi connectivity index (χ0n) is 9.07. The lowest BCUT2D eigenvalue weighted by atomic mass is 10.1. The van der Waals surface area contributed by atoms with E-state index in [1.54, 1.807) is 0 Å². The highest BCUT2D eigenvalue weighted by Crippen LogP contribution is 2.15. The number of aromatic amines is 1. The van der Waals surface area contributed by atoms with Crippen LogP contribution in [0.1, 0.15) is 5.69 Å². The molecule has 0 bridgehead atoms. The van der Waals surface area contributed by atoms with Gasteiger partial charge in [-0.25, -0.2) is 0 Å². The van der Waals surface area contributed by atoms with Gasteiger partial charge in [0.25, 0.3) is 0 Å².